The molecular weight excluding hydrogens is 184 g/mol. The number of allylic oxidation sites excluding steroid dienone is 2. The summed E-state index contributed by atoms with van der Waals surface area (Å²) in [6.07, 6.45) is 6.31. The highest BCUT2D eigenvalue weighted by Gasteiger charge is 2.21. The molecule has 0 amide bonds. The first-order valence-corrected chi connectivity index (χ1v) is 5.66. The van der Waals surface area contributed by atoms with E-state index in [-0.39, 0.29) is 0 Å². The Morgan fingerprint density at radius 3 is 2.80 bits per heavy atom. The molecule has 80 valence electrons. The highest BCUT2D eigenvalue weighted by molar-refractivity contribution is 5.18. The van der Waals surface area contributed by atoms with Gasteiger partial charge in [0.2, 0.25) is 0 Å². The van der Waals surface area contributed by atoms with Crippen LogP contribution >= 0.6 is 0 Å². The van der Waals surface area contributed by atoms with E-state index in [1.165, 1.54) is 24.0 Å². The van der Waals surface area contributed by atoms with Crippen LogP contribution in [0.4, 0.5) is 0 Å². The lowest BCUT2D eigenvalue weighted by Gasteiger charge is -2.00. The van der Waals surface area contributed by atoms with Gasteiger partial charge in [0.25, 0.3) is 0 Å². The molecule has 0 saturated carbocycles. The van der Waals surface area contributed by atoms with Crippen molar-refractivity contribution in [2.45, 2.75) is 32.3 Å². The molecule has 1 aromatic rings. The normalized spacial score (nSPS) is 20.3. The molecule has 0 bridgehead atoms. The smallest absolute Gasteiger partial charge is 0.0813 e. The molecule has 1 heteroatoms. The molecule has 1 atom stereocenters. The molecule has 0 aliphatic carbocycles. The molecule has 1 unspecified atom stereocenters. The number of ether oxygens (including phenoxy) is 1. The maximum absolute atomic E-state index is 5.19. The Morgan fingerprint density at radius 2 is 2.13 bits per heavy atom. The first kappa shape index (κ1) is 10.4. The third-order valence-corrected chi connectivity index (χ3v) is 2.79. The van der Waals surface area contributed by atoms with Gasteiger partial charge in [-0.25, -0.2) is 0 Å². The number of rotatable bonds is 5. The van der Waals surface area contributed by atoms with Gasteiger partial charge >= 0.3 is 0 Å². The molecule has 0 aromatic heterocycles. The average Bonchev–Trinajstić information content (AvgIpc) is 3.09. The summed E-state index contributed by atoms with van der Waals surface area (Å²) < 4.78 is 5.19. The maximum atomic E-state index is 5.19. The Bertz CT molecular complexity index is 322. The van der Waals surface area contributed by atoms with Crippen LogP contribution in [0.3, 0.4) is 0 Å². The Kier molecular flexibility index (Phi) is 3.57. The fourth-order valence-electron chi connectivity index (χ4n) is 1.63. The minimum Gasteiger partial charge on any atom is -0.373 e. The molecule has 1 aliphatic heterocycles. The van der Waals surface area contributed by atoms with E-state index in [1.807, 2.05) is 0 Å². The summed E-state index contributed by atoms with van der Waals surface area (Å²) in [4.78, 5) is 0. The van der Waals surface area contributed by atoms with Gasteiger partial charge in [-0.1, -0.05) is 42.0 Å². The predicted molar refractivity (Wildman–Crippen MR) is 62.9 cm³/mol. The van der Waals surface area contributed by atoms with Gasteiger partial charge in [0.15, 0.2) is 0 Å². The standard InChI is InChI=1S/C14H18O/c1-12(8-10-14-11-15-14)7-9-13-5-3-2-4-6-13/h2-7,14H,8-11H2,1H3/b12-7+. The number of benzene rings is 1. The second-order valence-corrected chi connectivity index (χ2v) is 4.23. The summed E-state index contributed by atoms with van der Waals surface area (Å²) in [6, 6.07) is 10.6. The van der Waals surface area contributed by atoms with E-state index in [9.17, 15) is 0 Å². The van der Waals surface area contributed by atoms with Crippen LogP contribution in [0.25, 0.3) is 0 Å². The molecule has 2 rings (SSSR count). The lowest BCUT2D eigenvalue weighted by molar-refractivity contribution is 0.396. The van der Waals surface area contributed by atoms with Crippen molar-refractivity contribution < 1.29 is 4.74 Å². The lowest BCUT2D eigenvalue weighted by Crippen LogP contribution is -1.87. The average molecular weight is 202 g/mol. The first-order chi connectivity index (χ1) is 7.34. The Balaban J connectivity index is 1.76. The van der Waals surface area contributed by atoms with E-state index in [1.54, 1.807) is 0 Å². The van der Waals surface area contributed by atoms with Gasteiger partial charge in [0.05, 0.1) is 12.7 Å². The maximum Gasteiger partial charge on any atom is 0.0813 e. The van der Waals surface area contributed by atoms with Crippen LogP contribution in [0, 0.1) is 0 Å². The Hall–Kier alpha value is -1.08. The zero-order valence-corrected chi connectivity index (χ0v) is 9.28. The molecule has 15 heavy (non-hydrogen) atoms. The van der Waals surface area contributed by atoms with Crippen molar-refractivity contribution in [3.05, 3.63) is 47.5 Å². The van der Waals surface area contributed by atoms with E-state index < -0.39 is 0 Å². The van der Waals surface area contributed by atoms with Crippen molar-refractivity contribution >= 4 is 0 Å². The van der Waals surface area contributed by atoms with Gasteiger partial charge in [-0.05, 0) is 31.7 Å². The third-order valence-electron chi connectivity index (χ3n) is 2.79. The van der Waals surface area contributed by atoms with Gasteiger partial charge in [0.1, 0.15) is 0 Å². The van der Waals surface area contributed by atoms with E-state index >= 15 is 0 Å². The molecular formula is C14H18O. The van der Waals surface area contributed by atoms with Crippen molar-refractivity contribution in [2.75, 3.05) is 6.61 Å². The highest BCUT2D eigenvalue weighted by Crippen LogP contribution is 2.18. The summed E-state index contributed by atoms with van der Waals surface area (Å²) in [5, 5.41) is 0. The molecule has 0 spiro atoms. The molecule has 0 N–H and O–H groups in total. The van der Waals surface area contributed by atoms with Gasteiger partial charge in [-0.15, -0.1) is 0 Å². The van der Waals surface area contributed by atoms with Crippen LogP contribution in [-0.4, -0.2) is 12.7 Å². The Morgan fingerprint density at radius 1 is 1.40 bits per heavy atom. The third kappa shape index (κ3) is 3.88. The molecule has 1 aliphatic rings. The number of hydrogen-bond donors (Lipinski definition) is 0. The van der Waals surface area contributed by atoms with E-state index in [0.717, 1.165) is 13.0 Å². The number of hydrogen-bond acceptors (Lipinski definition) is 1. The zero-order valence-electron chi connectivity index (χ0n) is 9.28. The SMILES string of the molecule is C/C(=C\Cc1ccccc1)CCC1CO1. The summed E-state index contributed by atoms with van der Waals surface area (Å²) in [6.45, 7) is 3.19. The zero-order chi connectivity index (χ0) is 10.5. The highest BCUT2D eigenvalue weighted by atomic mass is 16.6. The second-order valence-electron chi connectivity index (χ2n) is 4.23. The topological polar surface area (TPSA) is 12.5 Å². The van der Waals surface area contributed by atoms with Crippen molar-refractivity contribution in [2.24, 2.45) is 0 Å². The fraction of sp³-hybridized carbons (Fsp3) is 0.429. The number of epoxide rings is 1. The van der Waals surface area contributed by atoms with E-state index in [2.05, 4.69) is 43.3 Å². The van der Waals surface area contributed by atoms with Crippen molar-refractivity contribution in [3.63, 3.8) is 0 Å². The van der Waals surface area contributed by atoms with Crippen molar-refractivity contribution in [1.82, 2.24) is 0 Å². The van der Waals surface area contributed by atoms with Crippen LogP contribution in [-0.2, 0) is 11.2 Å². The van der Waals surface area contributed by atoms with Gasteiger partial charge in [-0.3, -0.25) is 0 Å². The van der Waals surface area contributed by atoms with Gasteiger partial charge in [-0.2, -0.15) is 0 Å². The van der Waals surface area contributed by atoms with E-state index in [0.29, 0.717) is 6.10 Å². The summed E-state index contributed by atoms with van der Waals surface area (Å²) in [5.74, 6) is 0. The van der Waals surface area contributed by atoms with Gasteiger partial charge in [0, 0.05) is 0 Å². The minimum absolute atomic E-state index is 0.560. The summed E-state index contributed by atoms with van der Waals surface area (Å²) in [5.41, 5.74) is 2.87. The van der Waals surface area contributed by atoms with Crippen LogP contribution in [0.1, 0.15) is 25.3 Å². The van der Waals surface area contributed by atoms with Crippen LogP contribution in [0.5, 0.6) is 0 Å². The lowest BCUT2D eigenvalue weighted by atomic mass is 10.1. The van der Waals surface area contributed by atoms with E-state index in [4.69, 9.17) is 4.74 Å². The minimum atomic E-state index is 0.560. The summed E-state index contributed by atoms with van der Waals surface area (Å²) >= 11 is 0. The van der Waals surface area contributed by atoms with Crippen LogP contribution < -0.4 is 0 Å². The molecule has 1 nitrogen and oxygen atoms in total. The van der Waals surface area contributed by atoms with Crippen molar-refractivity contribution in [3.8, 4) is 0 Å². The summed E-state index contributed by atoms with van der Waals surface area (Å²) in [7, 11) is 0. The molecule has 1 heterocycles. The molecule has 0 radical (unpaired) electrons. The predicted octanol–water partition coefficient (Wildman–Crippen LogP) is 3.35. The Labute approximate surface area is 91.8 Å². The first-order valence-electron chi connectivity index (χ1n) is 5.66. The van der Waals surface area contributed by atoms with Crippen molar-refractivity contribution in [1.29, 1.82) is 0 Å². The van der Waals surface area contributed by atoms with Crippen LogP contribution in [0.2, 0.25) is 0 Å². The fourth-order valence-corrected chi connectivity index (χ4v) is 1.63. The largest absolute Gasteiger partial charge is 0.373 e. The molecule has 1 aromatic carbocycles. The van der Waals surface area contributed by atoms with Crippen LogP contribution in [0.15, 0.2) is 42.0 Å². The van der Waals surface area contributed by atoms with Gasteiger partial charge < -0.3 is 4.74 Å². The quantitative estimate of drug-likeness (QED) is 0.527. The second kappa shape index (κ2) is 5.13. The molecule has 1 fully saturated rings. The molecule has 1 saturated heterocycles. The monoisotopic (exact) mass is 202 g/mol.